The van der Waals surface area contributed by atoms with Crippen molar-refractivity contribution in [2.45, 2.75) is 32.1 Å². The Labute approximate surface area is 169 Å². The Balaban J connectivity index is 1.44. The van der Waals surface area contributed by atoms with Crippen LogP contribution in [0.2, 0.25) is 0 Å². The maximum Gasteiger partial charge on any atom is 0.252 e. The lowest BCUT2D eigenvalue weighted by molar-refractivity contribution is -0.161. The second kappa shape index (κ2) is 8.45. The molecule has 0 saturated carbocycles. The highest BCUT2D eigenvalue weighted by molar-refractivity contribution is 5.82. The summed E-state index contributed by atoms with van der Waals surface area (Å²) in [6.07, 6.45) is 5.21. The first-order valence-corrected chi connectivity index (χ1v) is 9.64. The molecule has 2 aromatic heterocycles. The van der Waals surface area contributed by atoms with Gasteiger partial charge in [-0.3, -0.25) is 9.36 Å². The van der Waals surface area contributed by atoms with Gasteiger partial charge >= 0.3 is 0 Å². The van der Waals surface area contributed by atoms with Crippen LogP contribution >= 0.6 is 0 Å². The fourth-order valence-corrected chi connectivity index (χ4v) is 3.51. The predicted octanol–water partition coefficient (Wildman–Crippen LogP) is 2.63. The molecule has 1 aliphatic heterocycles. The van der Waals surface area contributed by atoms with Crippen molar-refractivity contribution in [2.75, 3.05) is 13.7 Å². The quantitative estimate of drug-likeness (QED) is 0.645. The number of morpholine rings is 1. The van der Waals surface area contributed by atoms with Crippen LogP contribution in [0.15, 0.2) is 61.2 Å². The van der Waals surface area contributed by atoms with Crippen molar-refractivity contribution >= 4 is 5.91 Å². The molecule has 2 unspecified atom stereocenters. The average molecular weight is 392 g/mol. The van der Waals surface area contributed by atoms with Crippen molar-refractivity contribution in [3.8, 4) is 11.6 Å². The van der Waals surface area contributed by atoms with Crippen molar-refractivity contribution in [3.05, 3.63) is 72.4 Å². The van der Waals surface area contributed by atoms with Gasteiger partial charge in [0, 0.05) is 31.9 Å². The third-order valence-corrected chi connectivity index (χ3v) is 4.94. The van der Waals surface area contributed by atoms with Crippen LogP contribution < -0.4 is 4.74 Å². The standard InChI is InChI=1S/C22H24N4O3/c1-16-12-25(13-17-6-8-19(28-2)9-7-17)22(27)20(29-16)11-18-14-26(15-24-18)21-5-3-4-10-23-21/h3-10,14-16,20H,11-13H2,1-2H3. The van der Waals surface area contributed by atoms with Crippen molar-refractivity contribution in [1.29, 1.82) is 0 Å². The molecule has 0 N–H and O–H groups in total. The summed E-state index contributed by atoms with van der Waals surface area (Å²) < 4.78 is 13.0. The van der Waals surface area contributed by atoms with E-state index in [1.807, 2.05) is 65.1 Å². The monoisotopic (exact) mass is 392 g/mol. The minimum absolute atomic E-state index is 0.00805. The van der Waals surface area contributed by atoms with Gasteiger partial charge in [-0.15, -0.1) is 0 Å². The number of methoxy groups -OCH3 is 1. The molecule has 0 bridgehead atoms. The van der Waals surface area contributed by atoms with Crippen LogP contribution in [0.5, 0.6) is 5.75 Å². The van der Waals surface area contributed by atoms with Gasteiger partial charge in [0.1, 0.15) is 24.0 Å². The van der Waals surface area contributed by atoms with Crippen LogP contribution in [0.4, 0.5) is 0 Å². The SMILES string of the molecule is COc1ccc(CN2CC(C)OC(Cc3cn(-c4ccccn4)cn3)C2=O)cc1. The fraction of sp³-hybridized carbons (Fsp3) is 0.318. The zero-order valence-corrected chi connectivity index (χ0v) is 16.6. The first-order valence-electron chi connectivity index (χ1n) is 9.64. The number of carbonyl (C=O) groups is 1. The molecule has 1 saturated heterocycles. The number of aromatic nitrogens is 3. The summed E-state index contributed by atoms with van der Waals surface area (Å²) in [5, 5.41) is 0. The molecule has 3 aromatic rings. The molecular weight excluding hydrogens is 368 g/mol. The van der Waals surface area contributed by atoms with Crippen molar-refractivity contribution in [2.24, 2.45) is 0 Å². The van der Waals surface area contributed by atoms with E-state index < -0.39 is 6.10 Å². The van der Waals surface area contributed by atoms with Crippen molar-refractivity contribution in [1.82, 2.24) is 19.4 Å². The molecule has 2 atom stereocenters. The summed E-state index contributed by atoms with van der Waals surface area (Å²) >= 11 is 0. The summed E-state index contributed by atoms with van der Waals surface area (Å²) in [6, 6.07) is 13.5. The maximum absolute atomic E-state index is 13.0. The maximum atomic E-state index is 13.0. The zero-order chi connectivity index (χ0) is 20.2. The number of nitrogens with zero attached hydrogens (tertiary/aromatic N) is 4. The van der Waals surface area contributed by atoms with Gasteiger partial charge < -0.3 is 14.4 Å². The van der Waals surface area contributed by atoms with Crippen molar-refractivity contribution < 1.29 is 14.3 Å². The van der Waals surface area contributed by atoms with E-state index >= 15 is 0 Å². The van der Waals surface area contributed by atoms with Crippen LogP contribution in [-0.4, -0.2) is 51.2 Å². The van der Waals surface area contributed by atoms with Crippen LogP contribution in [0.1, 0.15) is 18.2 Å². The van der Waals surface area contributed by atoms with E-state index in [4.69, 9.17) is 9.47 Å². The van der Waals surface area contributed by atoms with E-state index in [2.05, 4.69) is 9.97 Å². The Hall–Kier alpha value is -3.19. The van der Waals surface area contributed by atoms with Gasteiger partial charge in [-0.2, -0.15) is 0 Å². The van der Waals surface area contributed by atoms with Crippen LogP contribution in [0.3, 0.4) is 0 Å². The molecule has 7 nitrogen and oxygen atoms in total. The first-order chi connectivity index (χ1) is 14.1. The number of ether oxygens (including phenoxy) is 2. The number of hydrogen-bond acceptors (Lipinski definition) is 5. The van der Waals surface area contributed by atoms with E-state index in [1.165, 1.54) is 0 Å². The second-order valence-corrected chi connectivity index (χ2v) is 7.17. The summed E-state index contributed by atoms with van der Waals surface area (Å²) in [4.78, 5) is 23.6. The Kier molecular flexibility index (Phi) is 5.57. The number of benzene rings is 1. The molecule has 1 amide bonds. The van der Waals surface area contributed by atoms with Crippen molar-refractivity contribution in [3.63, 3.8) is 0 Å². The number of rotatable bonds is 6. The topological polar surface area (TPSA) is 69.5 Å². The van der Waals surface area contributed by atoms with E-state index in [1.54, 1.807) is 19.6 Å². The Morgan fingerprint density at radius 2 is 2.00 bits per heavy atom. The zero-order valence-electron chi connectivity index (χ0n) is 16.6. The lowest BCUT2D eigenvalue weighted by atomic mass is 10.1. The number of imidazole rings is 1. The molecule has 150 valence electrons. The molecule has 0 aliphatic carbocycles. The third kappa shape index (κ3) is 4.46. The first kappa shape index (κ1) is 19.1. The van der Waals surface area contributed by atoms with Crippen LogP contribution in [0, 0.1) is 0 Å². The molecule has 1 fully saturated rings. The van der Waals surface area contributed by atoms with E-state index in [9.17, 15) is 4.79 Å². The molecule has 0 spiro atoms. The minimum atomic E-state index is -0.538. The van der Waals surface area contributed by atoms with Gasteiger partial charge in [0.15, 0.2) is 0 Å². The smallest absolute Gasteiger partial charge is 0.252 e. The molecule has 7 heteroatoms. The molecule has 29 heavy (non-hydrogen) atoms. The normalized spacial score (nSPS) is 19.4. The minimum Gasteiger partial charge on any atom is -0.497 e. The highest BCUT2D eigenvalue weighted by Crippen LogP contribution is 2.20. The highest BCUT2D eigenvalue weighted by atomic mass is 16.5. The Morgan fingerprint density at radius 3 is 2.72 bits per heavy atom. The summed E-state index contributed by atoms with van der Waals surface area (Å²) in [5.41, 5.74) is 1.86. The number of pyridine rings is 1. The number of amides is 1. The van der Waals surface area contributed by atoms with Gasteiger partial charge in [0.05, 0.1) is 18.9 Å². The van der Waals surface area contributed by atoms with Gasteiger partial charge in [-0.05, 0) is 36.8 Å². The highest BCUT2D eigenvalue weighted by Gasteiger charge is 2.33. The lowest BCUT2D eigenvalue weighted by Gasteiger charge is -2.36. The fourth-order valence-electron chi connectivity index (χ4n) is 3.51. The Bertz CT molecular complexity index is 956. The molecule has 1 aliphatic rings. The van der Waals surface area contributed by atoms with Gasteiger partial charge in [-0.1, -0.05) is 18.2 Å². The van der Waals surface area contributed by atoms with E-state index in [-0.39, 0.29) is 12.0 Å². The largest absolute Gasteiger partial charge is 0.497 e. The van der Waals surface area contributed by atoms with Crippen LogP contribution in [-0.2, 0) is 22.5 Å². The van der Waals surface area contributed by atoms with E-state index in [0.29, 0.717) is 19.5 Å². The summed E-state index contributed by atoms with van der Waals surface area (Å²) in [7, 11) is 1.64. The second-order valence-electron chi connectivity index (χ2n) is 7.17. The van der Waals surface area contributed by atoms with Crippen LogP contribution in [0.25, 0.3) is 5.82 Å². The molecule has 3 heterocycles. The molecular formula is C22H24N4O3. The van der Waals surface area contributed by atoms with Gasteiger partial charge in [0.25, 0.3) is 5.91 Å². The lowest BCUT2D eigenvalue weighted by Crippen LogP contribution is -2.51. The average Bonchev–Trinajstić information content (AvgIpc) is 3.21. The number of carbonyl (C=O) groups excluding carboxylic acids is 1. The van der Waals surface area contributed by atoms with Gasteiger partial charge in [-0.25, -0.2) is 9.97 Å². The molecule has 4 rings (SSSR count). The number of hydrogen-bond donors (Lipinski definition) is 0. The predicted molar refractivity (Wildman–Crippen MR) is 108 cm³/mol. The summed E-state index contributed by atoms with van der Waals surface area (Å²) in [6.45, 7) is 3.12. The van der Waals surface area contributed by atoms with Gasteiger partial charge in [0.2, 0.25) is 0 Å². The summed E-state index contributed by atoms with van der Waals surface area (Å²) in [5.74, 6) is 1.58. The molecule has 0 radical (unpaired) electrons. The third-order valence-electron chi connectivity index (χ3n) is 4.94. The van der Waals surface area contributed by atoms with E-state index in [0.717, 1.165) is 22.8 Å². The Morgan fingerprint density at radius 1 is 1.17 bits per heavy atom. The molecule has 1 aromatic carbocycles.